The van der Waals surface area contributed by atoms with Gasteiger partial charge in [0.05, 0.1) is 6.10 Å². The highest BCUT2D eigenvalue weighted by atomic mass is 16.5. The SMILES string of the molecule is CCNC(Cc1ccc(C)c(C)c1)CC(C)OC. The fourth-order valence-corrected chi connectivity index (χ4v) is 2.24. The molecule has 1 aromatic rings. The molecule has 0 fully saturated rings. The minimum atomic E-state index is 0.306. The topological polar surface area (TPSA) is 21.3 Å². The number of rotatable bonds is 7. The molecule has 1 rings (SSSR count). The van der Waals surface area contributed by atoms with Gasteiger partial charge in [-0.2, -0.15) is 0 Å². The number of ether oxygens (including phenoxy) is 1. The van der Waals surface area contributed by atoms with Gasteiger partial charge in [0.1, 0.15) is 0 Å². The van der Waals surface area contributed by atoms with Crippen molar-refractivity contribution < 1.29 is 4.74 Å². The fraction of sp³-hybridized carbons (Fsp3) is 0.625. The molecule has 0 heterocycles. The van der Waals surface area contributed by atoms with Crippen LogP contribution in [0.3, 0.4) is 0 Å². The summed E-state index contributed by atoms with van der Waals surface area (Å²) in [5, 5.41) is 3.55. The summed E-state index contributed by atoms with van der Waals surface area (Å²) in [6.07, 6.45) is 2.43. The lowest BCUT2D eigenvalue weighted by atomic mass is 9.98. The third-order valence-corrected chi connectivity index (χ3v) is 3.57. The van der Waals surface area contributed by atoms with Gasteiger partial charge >= 0.3 is 0 Å². The maximum Gasteiger partial charge on any atom is 0.0558 e. The minimum Gasteiger partial charge on any atom is -0.382 e. The Balaban J connectivity index is 2.66. The summed E-state index contributed by atoms with van der Waals surface area (Å²) >= 11 is 0. The highest BCUT2D eigenvalue weighted by Crippen LogP contribution is 2.14. The normalized spacial score (nSPS) is 14.5. The number of aryl methyl sites for hydroxylation is 2. The average Bonchev–Trinajstić information content (AvgIpc) is 2.34. The standard InChI is InChI=1S/C16H27NO/c1-6-17-16(10-14(4)18-5)11-15-8-7-12(2)13(3)9-15/h7-9,14,16-17H,6,10-11H2,1-5H3. The second kappa shape index (κ2) is 7.55. The van der Waals surface area contributed by atoms with Crippen LogP contribution in [0.1, 0.15) is 37.0 Å². The quantitative estimate of drug-likeness (QED) is 0.801. The first-order chi connectivity index (χ1) is 8.56. The van der Waals surface area contributed by atoms with Gasteiger partial charge in [0, 0.05) is 13.2 Å². The summed E-state index contributed by atoms with van der Waals surface area (Å²) in [6.45, 7) is 9.63. The maximum atomic E-state index is 5.37. The van der Waals surface area contributed by atoms with Crippen molar-refractivity contribution in [3.05, 3.63) is 34.9 Å². The number of benzene rings is 1. The van der Waals surface area contributed by atoms with Crippen LogP contribution in [0.4, 0.5) is 0 Å². The molecule has 0 spiro atoms. The molecular weight excluding hydrogens is 222 g/mol. The number of methoxy groups -OCH3 is 1. The van der Waals surface area contributed by atoms with Crippen LogP contribution in [-0.4, -0.2) is 25.8 Å². The number of hydrogen-bond acceptors (Lipinski definition) is 2. The molecule has 0 amide bonds. The van der Waals surface area contributed by atoms with E-state index in [-0.39, 0.29) is 0 Å². The van der Waals surface area contributed by atoms with Gasteiger partial charge in [-0.15, -0.1) is 0 Å². The molecule has 0 aliphatic rings. The van der Waals surface area contributed by atoms with Gasteiger partial charge in [0.2, 0.25) is 0 Å². The second-order valence-corrected chi connectivity index (χ2v) is 5.16. The van der Waals surface area contributed by atoms with Crippen molar-refractivity contribution in [3.63, 3.8) is 0 Å². The predicted molar refractivity (Wildman–Crippen MR) is 78.2 cm³/mol. The molecule has 1 aromatic carbocycles. The summed E-state index contributed by atoms with van der Waals surface area (Å²) in [5.41, 5.74) is 4.15. The van der Waals surface area contributed by atoms with E-state index < -0.39 is 0 Å². The second-order valence-electron chi connectivity index (χ2n) is 5.16. The van der Waals surface area contributed by atoms with Crippen LogP contribution >= 0.6 is 0 Å². The molecule has 0 aliphatic heterocycles. The van der Waals surface area contributed by atoms with Crippen molar-refractivity contribution in [2.45, 2.75) is 52.7 Å². The predicted octanol–water partition coefficient (Wildman–Crippen LogP) is 3.25. The van der Waals surface area contributed by atoms with Crippen LogP contribution in [0.5, 0.6) is 0 Å². The van der Waals surface area contributed by atoms with E-state index in [2.05, 4.69) is 51.2 Å². The zero-order valence-electron chi connectivity index (χ0n) is 12.4. The van der Waals surface area contributed by atoms with Gasteiger partial charge in [-0.1, -0.05) is 25.1 Å². The average molecular weight is 249 g/mol. The number of likely N-dealkylation sites (N-methyl/N-ethyl adjacent to an activating group) is 1. The van der Waals surface area contributed by atoms with E-state index in [0.717, 1.165) is 19.4 Å². The molecule has 0 radical (unpaired) electrons. The largest absolute Gasteiger partial charge is 0.382 e. The van der Waals surface area contributed by atoms with Gasteiger partial charge in [0.25, 0.3) is 0 Å². The van der Waals surface area contributed by atoms with Crippen LogP contribution in [-0.2, 0) is 11.2 Å². The van der Waals surface area contributed by atoms with E-state index in [0.29, 0.717) is 12.1 Å². The Kier molecular flexibility index (Phi) is 6.37. The Morgan fingerprint density at radius 3 is 2.50 bits per heavy atom. The highest BCUT2D eigenvalue weighted by molar-refractivity contribution is 5.30. The Bertz CT molecular complexity index is 362. The van der Waals surface area contributed by atoms with E-state index in [1.54, 1.807) is 7.11 Å². The van der Waals surface area contributed by atoms with Crippen molar-refractivity contribution in [1.82, 2.24) is 5.32 Å². The Morgan fingerprint density at radius 1 is 1.22 bits per heavy atom. The summed E-state index contributed by atoms with van der Waals surface area (Å²) in [7, 11) is 1.78. The molecule has 2 unspecified atom stereocenters. The molecule has 102 valence electrons. The van der Waals surface area contributed by atoms with Gasteiger partial charge < -0.3 is 10.1 Å². The summed E-state index contributed by atoms with van der Waals surface area (Å²) < 4.78 is 5.37. The first-order valence-corrected chi connectivity index (χ1v) is 6.89. The van der Waals surface area contributed by atoms with Crippen LogP contribution < -0.4 is 5.32 Å². The zero-order valence-corrected chi connectivity index (χ0v) is 12.4. The molecule has 0 aromatic heterocycles. The number of hydrogen-bond donors (Lipinski definition) is 1. The lowest BCUT2D eigenvalue weighted by Crippen LogP contribution is -2.34. The molecule has 0 aliphatic carbocycles. The smallest absolute Gasteiger partial charge is 0.0558 e. The minimum absolute atomic E-state index is 0.306. The van der Waals surface area contributed by atoms with Gasteiger partial charge in [-0.25, -0.2) is 0 Å². The third kappa shape index (κ3) is 4.79. The van der Waals surface area contributed by atoms with Gasteiger partial charge in [0.15, 0.2) is 0 Å². The molecule has 2 nitrogen and oxygen atoms in total. The maximum absolute atomic E-state index is 5.37. The van der Waals surface area contributed by atoms with E-state index in [4.69, 9.17) is 4.74 Å². The molecule has 1 N–H and O–H groups in total. The Hall–Kier alpha value is -0.860. The van der Waals surface area contributed by atoms with Crippen LogP contribution in [0.2, 0.25) is 0 Å². The van der Waals surface area contributed by atoms with Crippen LogP contribution in [0.15, 0.2) is 18.2 Å². The Labute approximate surface area is 112 Å². The molecule has 18 heavy (non-hydrogen) atoms. The lowest BCUT2D eigenvalue weighted by molar-refractivity contribution is 0.101. The van der Waals surface area contributed by atoms with Crippen LogP contribution in [0, 0.1) is 13.8 Å². The molecule has 0 saturated carbocycles. The van der Waals surface area contributed by atoms with Crippen molar-refractivity contribution in [3.8, 4) is 0 Å². The first-order valence-electron chi connectivity index (χ1n) is 6.89. The van der Waals surface area contributed by atoms with Crippen molar-refractivity contribution in [2.24, 2.45) is 0 Å². The third-order valence-electron chi connectivity index (χ3n) is 3.57. The number of nitrogens with one attached hydrogen (secondary N) is 1. The van der Waals surface area contributed by atoms with Crippen molar-refractivity contribution in [2.75, 3.05) is 13.7 Å². The molecular formula is C16H27NO. The zero-order chi connectivity index (χ0) is 13.5. The Morgan fingerprint density at radius 2 is 1.94 bits per heavy atom. The van der Waals surface area contributed by atoms with E-state index in [9.17, 15) is 0 Å². The first kappa shape index (κ1) is 15.2. The van der Waals surface area contributed by atoms with E-state index >= 15 is 0 Å². The monoisotopic (exact) mass is 249 g/mol. The summed E-state index contributed by atoms with van der Waals surface area (Å²) in [5.74, 6) is 0. The summed E-state index contributed by atoms with van der Waals surface area (Å²) in [4.78, 5) is 0. The fourth-order valence-electron chi connectivity index (χ4n) is 2.24. The van der Waals surface area contributed by atoms with Gasteiger partial charge in [-0.05, 0) is 56.8 Å². The summed E-state index contributed by atoms with van der Waals surface area (Å²) in [6, 6.07) is 7.25. The molecule has 2 atom stereocenters. The molecule has 0 bridgehead atoms. The molecule has 0 saturated heterocycles. The highest BCUT2D eigenvalue weighted by Gasteiger charge is 2.12. The van der Waals surface area contributed by atoms with E-state index in [1.807, 2.05) is 0 Å². The van der Waals surface area contributed by atoms with Crippen molar-refractivity contribution >= 4 is 0 Å². The van der Waals surface area contributed by atoms with Crippen molar-refractivity contribution in [1.29, 1.82) is 0 Å². The van der Waals surface area contributed by atoms with Crippen LogP contribution in [0.25, 0.3) is 0 Å². The lowest BCUT2D eigenvalue weighted by Gasteiger charge is -2.21. The molecule has 2 heteroatoms. The van der Waals surface area contributed by atoms with Gasteiger partial charge in [-0.3, -0.25) is 0 Å². The van der Waals surface area contributed by atoms with E-state index in [1.165, 1.54) is 16.7 Å².